The molecule has 11 atom stereocenters. The van der Waals surface area contributed by atoms with Crippen molar-refractivity contribution in [2.45, 2.75) is 142 Å². The molecular formula is C41H55NO14. The number of alkyl carbamates (subject to hydrolysis) is 1. The van der Waals surface area contributed by atoms with Gasteiger partial charge in [-0.05, 0) is 71.7 Å². The third kappa shape index (κ3) is 7.28. The second kappa shape index (κ2) is 15.0. The Morgan fingerprint density at radius 1 is 1.02 bits per heavy atom. The van der Waals surface area contributed by atoms with Crippen LogP contribution in [0.15, 0.2) is 53.1 Å². The van der Waals surface area contributed by atoms with Gasteiger partial charge in [0, 0.05) is 25.2 Å². The van der Waals surface area contributed by atoms with E-state index in [1.807, 2.05) is 0 Å². The summed E-state index contributed by atoms with van der Waals surface area (Å²) < 4.78 is 29.3. The van der Waals surface area contributed by atoms with E-state index in [1.165, 1.54) is 32.1 Å². The predicted molar refractivity (Wildman–Crippen MR) is 198 cm³/mol. The first-order valence-corrected chi connectivity index (χ1v) is 18.8. The number of allylic oxidation sites excluding steroid dienone is 1. The van der Waals surface area contributed by atoms with Crippen molar-refractivity contribution >= 4 is 29.8 Å². The van der Waals surface area contributed by atoms with Gasteiger partial charge in [0.25, 0.3) is 0 Å². The molecule has 2 bridgehead atoms. The largest absolute Gasteiger partial charge is 0.456 e. The van der Waals surface area contributed by atoms with Gasteiger partial charge in [-0.3, -0.25) is 9.59 Å². The van der Waals surface area contributed by atoms with Crippen molar-refractivity contribution in [3.8, 4) is 0 Å². The number of ketones is 1. The van der Waals surface area contributed by atoms with Gasteiger partial charge in [0.1, 0.15) is 35.6 Å². The zero-order valence-corrected chi connectivity index (χ0v) is 33.6. The summed E-state index contributed by atoms with van der Waals surface area (Å²) in [6, 6.07) is 6.53. The SMILES string of the molecule is CC(=O)O[C@@]12CO[C@@H]1C[C@H](O)[C@@]1(C)C(=O)[C@H](O)C3=C(C)[C@@H](OC(=O)[C@H](O)[C@H](C=C(C)C)NC(=O)OC(C)(C)C)C[C@@](O)([C@@H](OC(=O)c4ccccc4)[C@H]21)C3(C)C. The van der Waals surface area contributed by atoms with Crippen LogP contribution in [0.3, 0.4) is 0 Å². The zero-order chi connectivity index (χ0) is 41.9. The molecule has 0 spiro atoms. The van der Waals surface area contributed by atoms with Crippen LogP contribution >= 0.6 is 0 Å². The van der Waals surface area contributed by atoms with Crippen LogP contribution in [0.4, 0.5) is 4.79 Å². The van der Waals surface area contributed by atoms with E-state index in [2.05, 4.69) is 5.32 Å². The third-order valence-electron chi connectivity index (χ3n) is 12.0. The standard InChI is InChI=1S/C41H55NO14/c1-20(2)16-24(42-36(50)56-37(5,6)7)29(45)35(49)53-25-18-41(51)33(54-34(48)23-14-12-11-13-15-23)31-39(10,32(47)30(46)28(21(25)3)38(41,8)9)26(44)17-27-40(31,19-52-27)55-22(4)43/h11-16,24-27,29-31,33,44-46,51H,17-19H2,1-10H3,(H,42,50)/t24-,25-,26-,27+,29+,30+,31-,33-,39+,40-,41+/m0/s1. The van der Waals surface area contributed by atoms with E-state index in [9.17, 15) is 44.4 Å². The Bertz CT molecular complexity index is 1810. The Kier molecular flexibility index (Phi) is 11.5. The average Bonchev–Trinajstić information content (AvgIpc) is 3.08. The number of carbonyl (C=O) groups excluding carboxylic acids is 5. The molecule has 1 aromatic rings. The molecule has 1 heterocycles. The Labute approximate surface area is 326 Å². The minimum absolute atomic E-state index is 0.0579. The topological polar surface area (TPSA) is 224 Å². The van der Waals surface area contributed by atoms with Gasteiger partial charge in [0.05, 0.1) is 35.6 Å². The summed E-state index contributed by atoms with van der Waals surface area (Å²) in [5.41, 5.74) is -7.75. The number of esters is 3. The lowest BCUT2D eigenvalue weighted by atomic mass is 9.44. The molecular weight excluding hydrogens is 730 g/mol. The number of amides is 1. The van der Waals surface area contributed by atoms with E-state index in [-0.39, 0.29) is 29.7 Å². The Morgan fingerprint density at radius 2 is 1.64 bits per heavy atom. The number of rotatable bonds is 8. The normalized spacial score (nSPS) is 34.4. The molecule has 1 amide bonds. The van der Waals surface area contributed by atoms with Gasteiger partial charge in [0.2, 0.25) is 0 Å². The van der Waals surface area contributed by atoms with Crippen LogP contribution in [-0.4, -0.2) is 116 Å². The number of aliphatic hydroxyl groups is 4. The van der Waals surface area contributed by atoms with Crippen LogP contribution in [0.25, 0.3) is 0 Å². The number of fused-ring (bicyclic) bond motifs is 5. The number of hydrogen-bond donors (Lipinski definition) is 5. The first-order chi connectivity index (χ1) is 25.8. The van der Waals surface area contributed by atoms with Gasteiger partial charge in [-0.2, -0.15) is 0 Å². The number of benzene rings is 1. The van der Waals surface area contributed by atoms with Gasteiger partial charge < -0.3 is 49.4 Å². The van der Waals surface area contributed by atoms with Crippen molar-refractivity contribution in [2.75, 3.05) is 6.61 Å². The maximum atomic E-state index is 14.9. The van der Waals surface area contributed by atoms with Crippen LogP contribution in [-0.2, 0) is 38.1 Å². The first-order valence-electron chi connectivity index (χ1n) is 18.8. The second-order valence-corrected chi connectivity index (χ2v) is 17.5. The van der Waals surface area contributed by atoms with Gasteiger partial charge in [-0.15, -0.1) is 0 Å². The lowest BCUT2D eigenvalue weighted by Crippen LogP contribution is -2.81. The minimum Gasteiger partial charge on any atom is -0.456 e. The number of aliphatic hydroxyl groups excluding tert-OH is 3. The smallest absolute Gasteiger partial charge is 0.408 e. The molecule has 5 rings (SSSR count). The molecule has 5 N–H and O–H groups in total. The zero-order valence-electron chi connectivity index (χ0n) is 33.6. The van der Waals surface area contributed by atoms with Gasteiger partial charge in [-0.25, -0.2) is 14.4 Å². The van der Waals surface area contributed by atoms with E-state index < -0.39 is 112 Å². The molecule has 15 nitrogen and oxygen atoms in total. The van der Waals surface area contributed by atoms with Crippen molar-refractivity contribution in [2.24, 2.45) is 16.7 Å². The van der Waals surface area contributed by atoms with Crippen LogP contribution in [0.2, 0.25) is 0 Å². The number of hydrogen-bond acceptors (Lipinski definition) is 14. The highest BCUT2D eigenvalue weighted by molar-refractivity contribution is 5.94. The quantitative estimate of drug-likeness (QED) is 0.145. The summed E-state index contributed by atoms with van der Waals surface area (Å²) in [5.74, 6) is -5.33. The summed E-state index contributed by atoms with van der Waals surface area (Å²) in [6.07, 6.45) is -9.92. The van der Waals surface area contributed by atoms with Crippen LogP contribution in [0.5, 0.6) is 0 Å². The maximum Gasteiger partial charge on any atom is 0.408 e. The predicted octanol–water partition coefficient (Wildman–Crippen LogP) is 2.85. The fourth-order valence-corrected chi connectivity index (χ4v) is 9.15. The van der Waals surface area contributed by atoms with E-state index >= 15 is 0 Å². The van der Waals surface area contributed by atoms with Crippen LogP contribution < -0.4 is 5.32 Å². The number of Topliss-reactive ketones (excluding diaryl/α,β-unsaturated/α-hetero) is 1. The fourth-order valence-electron chi connectivity index (χ4n) is 9.15. The fraction of sp³-hybridized carbons (Fsp3) is 0.634. The highest BCUT2D eigenvalue weighted by atomic mass is 16.6. The Balaban J connectivity index is 1.67. The molecule has 1 aromatic carbocycles. The van der Waals surface area contributed by atoms with Gasteiger partial charge in [0.15, 0.2) is 17.5 Å². The van der Waals surface area contributed by atoms with Crippen LogP contribution in [0.1, 0.15) is 92.4 Å². The number of ether oxygens (including phenoxy) is 5. The molecule has 1 aliphatic heterocycles. The molecule has 3 fully saturated rings. The summed E-state index contributed by atoms with van der Waals surface area (Å²) in [6.45, 7) is 15.2. The number of nitrogens with one attached hydrogen (secondary N) is 1. The van der Waals surface area contributed by atoms with E-state index in [0.717, 1.165) is 6.92 Å². The van der Waals surface area contributed by atoms with E-state index in [1.54, 1.807) is 66.7 Å². The Morgan fingerprint density at radius 3 is 2.18 bits per heavy atom. The second-order valence-electron chi connectivity index (χ2n) is 17.5. The molecule has 0 unspecified atom stereocenters. The van der Waals surface area contributed by atoms with Crippen molar-refractivity contribution < 1.29 is 68.1 Å². The summed E-state index contributed by atoms with van der Waals surface area (Å²) in [4.78, 5) is 68.3. The molecule has 308 valence electrons. The van der Waals surface area contributed by atoms with Gasteiger partial charge >= 0.3 is 24.0 Å². The van der Waals surface area contributed by atoms with E-state index in [4.69, 9.17) is 23.7 Å². The molecule has 56 heavy (non-hydrogen) atoms. The van der Waals surface area contributed by atoms with Crippen molar-refractivity contribution in [3.05, 3.63) is 58.7 Å². The molecule has 3 aliphatic carbocycles. The molecule has 1 saturated heterocycles. The first kappa shape index (κ1) is 43.0. The monoisotopic (exact) mass is 785 g/mol. The molecule has 0 aromatic heterocycles. The maximum absolute atomic E-state index is 14.9. The average molecular weight is 786 g/mol. The summed E-state index contributed by atoms with van der Waals surface area (Å²) >= 11 is 0. The van der Waals surface area contributed by atoms with Crippen molar-refractivity contribution in [3.63, 3.8) is 0 Å². The molecule has 4 aliphatic rings. The van der Waals surface area contributed by atoms with Gasteiger partial charge in [-0.1, -0.05) is 43.7 Å². The Hall–Kier alpha value is -4.15. The molecule has 0 radical (unpaired) electrons. The molecule has 15 heteroatoms. The lowest BCUT2D eigenvalue weighted by Gasteiger charge is -2.67. The molecule has 2 saturated carbocycles. The van der Waals surface area contributed by atoms with Crippen molar-refractivity contribution in [1.82, 2.24) is 5.32 Å². The minimum atomic E-state index is -2.34. The number of carbonyl (C=O) groups is 5. The van der Waals surface area contributed by atoms with Crippen LogP contribution in [0, 0.1) is 16.7 Å². The summed E-state index contributed by atoms with van der Waals surface area (Å²) in [7, 11) is 0. The lowest BCUT2D eigenvalue weighted by molar-refractivity contribution is -0.346. The van der Waals surface area contributed by atoms with E-state index in [0.29, 0.717) is 5.57 Å². The highest BCUT2D eigenvalue weighted by Crippen LogP contribution is 2.64. The highest BCUT2D eigenvalue weighted by Gasteiger charge is 2.78. The van der Waals surface area contributed by atoms with Crippen molar-refractivity contribution in [1.29, 1.82) is 0 Å². The summed E-state index contributed by atoms with van der Waals surface area (Å²) in [5, 5.41) is 51.1. The third-order valence-corrected chi connectivity index (χ3v) is 12.0.